The van der Waals surface area contributed by atoms with Gasteiger partial charge in [-0.15, -0.1) is 11.3 Å². The van der Waals surface area contributed by atoms with Gasteiger partial charge in [0.2, 0.25) is 0 Å². The number of rotatable bonds is 5. The van der Waals surface area contributed by atoms with Crippen LogP contribution in [0.5, 0.6) is 5.75 Å². The molecular weight excluding hydrogens is 350 g/mol. The fraction of sp³-hybridized carbons (Fsp3) is 0.188. The minimum atomic E-state index is -2.86. The Balaban J connectivity index is 1.72. The van der Waals surface area contributed by atoms with E-state index >= 15 is 0 Å². The van der Waals surface area contributed by atoms with E-state index in [0.29, 0.717) is 22.1 Å². The van der Waals surface area contributed by atoms with Crippen molar-refractivity contribution in [2.45, 2.75) is 13.5 Å². The molecule has 0 aliphatic rings. The van der Waals surface area contributed by atoms with Gasteiger partial charge >= 0.3 is 6.61 Å². The molecule has 2 aromatic heterocycles. The quantitative estimate of drug-likeness (QED) is 0.749. The lowest BCUT2D eigenvalue weighted by atomic mass is 10.2. The van der Waals surface area contributed by atoms with Gasteiger partial charge in [0, 0.05) is 24.2 Å². The van der Waals surface area contributed by atoms with Crippen molar-refractivity contribution < 1.29 is 18.3 Å². The molecule has 2 heterocycles. The molecule has 1 N–H and O–H groups in total. The number of benzene rings is 1. The molecule has 0 atom stereocenters. The van der Waals surface area contributed by atoms with Crippen molar-refractivity contribution in [2.75, 3.05) is 5.32 Å². The lowest BCUT2D eigenvalue weighted by Gasteiger charge is -2.04. The minimum Gasteiger partial charge on any atom is -0.435 e. The SMILES string of the molecule is Cc1nn(C)cc1C(=O)Nc1nc(-c2ccc(OC(F)F)cc2)cs1. The number of halogens is 2. The van der Waals surface area contributed by atoms with Crippen LogP contribution in [0.25, 0.3) is 11.3 Å². The molecule has 0 saturated heterocycles. The van der Waals surface area contributed by atoms with Crippen molar-refractivity contribution >= 4 is 22.4 Å². The number of carbonyl (C=O) groups is 1. The van der Waals surface area contributed by atoms with Crippen LogP contribution < -0.4 is 10.1 Å². The number of nitrogens with zero attached hydrogens (tertiary/aromatic N) is 3. The third kappa shape index (κ3) is 4.00. The Morgan fingerprint density at radius 3 is 2.64 bits per heavy atom. The molecule has 1 amide bonds. The number of ether oxygens (including phenoxy) is 1. The van der Waals surface area contributed by atoms with Crippen LogP contribution >= 0.6 is 11.3 Å². The number of anilines is 1. The third-order valence-electron chi connectivity index (χ3n) is 3.36. The first-order valence-electron chi connectivity index (χ1n) is 7.25. The molecule has 1 aromatic carbocycles. The van der Waals surface area contributed by atoms with E-state index in [1.54, 1.807) is 42.4 Å². The number of hydrogen-bond donors (Lipinski definition) is 1. The minimum absolute atomic E-state index is 0.0783. The van der Waals surface area contributed by atoms with Crippen LogP contribution in [0.4, 0.5) is 13.9 Å². The Kier molecular flexibility index (Phi) is 4.75. The van der Waals surface area contributed by atoms with E-state index < -0.39 is 6.61 Å². The summed E-state index contributed by atoms with van der Waals surface area (Å²) in [5.74, 6) is -0.207. The Labute approximate surface area is 146 Å². The number of thiazole rings is 1. The van der Waals surface area contributed by atoms with Crippen LogP contribution in [-0.4, -0.2) is 27.3 Å². The second-order valence-corrected chi connectivity index (χ2v) is 6.05. The predicted molar refractivity (Wildman–Crippen MR) is 90.1 cm³/mol. The average Bonchev–Trinajstić information content (AvgIpc) is 3.14. The highest BCUT2D eigenvalue weighted by Crippen LogP contribution is 2.27. The van der Waals surface area contributed by atoms with E-state index in [2.05, 4.69) is 20.1 Å². The number of hydrogen-bond acceptors (Lipinski definition) is 5. The highest BCUT2D eigenvalue weighted by Gasteiger charge is 2.15. The standard InChI is InChI=1S/C16H14F2N4O2S/c1-9-12(7-22(2)21-9)14(23)20-16-19-13(8-25-16)10-3-5-11(6-4-10)24-15(17)18/h3-8,15H,1-2H3,(H,19,20,23). The molecule has 0 unspecified atom stereocenters. The third-order valence-corrected chi connectivity index (χ3v) is 4.12. The Bertz CT molecular complexity index is 890. The highest BCUT2D eigenvalue weighted by molar-refractivity contribution is 7.14. The molecule has 3 aromatic rings. The van der Waals surface area contributed by atoms with Gasteiger partial charge in [-0.25, -0.2) is 4.98 Å². The zero-order valence-electron chi connectivity index (χ0n) is 13.4. The Morgan fingerprint density at radius 1 is 1.32 bits per heavy atom. The summed E-state index contributed by atoms with van der Waals surface area (Å²) in [4.78, 5) is 16.6. The summed E-state index contributed by atoms with van der Waals surface area (Å²) in [5, 5.41) is 9.07. The number of aromatic nitrogens is 3. The van der Waals surface area contributed by atoms with Crippen molar-refractivity contribution in [2.24, 2.45) is 7.05 Å². The number of carbonyl (C=O) groups excluding carboxylic acids is 1. The summed E-state index contributed by atoms with van der Waals surface area (Å²) in [7, 11) is 1.74. The van der Waals surface area contributed by atoms with E-state index in [-0.39, 0.29) is 11.7 Å². The molecular formula is C16H14F2N4O2S. The van der Waals surface area contributed by atoms with Crippen molar-refractivity contribution in [1.29, 1.82) is 0 Å². The van der Waals surface area contributed by atoms with E-state index in [1.807, 2.05) is 0 Å². The zero-order valence-corrected chi connectivity index (χ0v) is 14.2. The van der Waals surface area contributed by atoms with E-state index in [1.165, 1.54) is 23.5 Å². The summed E-state index contributed by atoms with van der Waals surface area (Å²) in [6.07, 6.45) is 1.64. The Morgan fingerprint density at radius 2 is 2.04 bits per heavy atom. The fourth-order valence-corrected chi connectivity index (χ4v) is 2.97. The number of amides is 1. The van der Waals surface area contributed by atoms with Gasteiger partial charge in [-0.3, -0.25) is 14.8 Å². The molecule has 0 saturated carbocycles. The van der Waals surface area contributed by atoms with Crippen LogP contribution in [0, 0.1) is 6.92 Å². The van der Waals surface area contributed by atoms with Gasteiger partial charge in [0.25, 0.3) is 5.91 Å². The average molecular weight is 364 g/mol. The summed E-state index contributed by atoms with van der Waals surface area (Å²) in [6, 6.07) is 6.14. The summed E-state index contributed by atoms with van der Waals surface area (Å²) in [5.41, 5.74) is 2.47. The van der Waals surface area contributed by atoms with Crippen LogP contribution in [0.3, 0.4) is 0 Å². The summed E-state index contributed by atoms with van der Waals surface area (Å²) < 4.78 is 30.2. The van der Waals surface area contributed by atoms with E-state index in [9.17, 15) is 13.6 Å². The maximum atomic E-state index is 12.3. The molecule has 25 heavy (non-hydrogen) atoms. The van der Waals surface area contributed by atoms with Gasteiger partial charge in [0.15, 0.2) is 5.13 Å². The molecule has 0 spiro atoms. The van der Waals surface area contributed by atoms with Crippen LogP contribution in [0.1, 0.15) is 16.1 Å². The lowest BCUT2D eigenvalue weighted by molar-refractivity contribution is -0.0498. The molecule has 0 aliphatic heterocycles. The van der Waals surface area contributed by atoms with E-state index in [0.717, 1.165) is 5.56 Å². The second-order valence-electron chi connectivity index (χ2n) is 5.20. The van der Waals surface area contributed by atoms with Gasteiger partial charge in [0.1, 0.15) is 5.75 Å². The van der Waals surface area contributed by atoms with Crippen molar-refractivity contribution in [1.82, 2.24) is 14.8 Å². The number of aryl methyl sites for hydroxylation is 2. The maximum absolute atomic E-state index is 12.3. The molecule has 0 fully saturated rings. The van der Waals surface area contributed by atoms with Gasteiger partial charge < -0.3 is 4.74 Å². The fourth-order valence-electron chi connectivity index (χ4n) is 2.26. The first kappa shape index (κ1) is 17.0. The van der Waals surface area contributed by atoms with Crippen LogP contribution in [0.2, 0.25) is 0 Å². The monoisotopic (exact) mass is 364 g/mol. The normalized spacial score (nSPS) is 10.9. The zero-order chi connectivity index (χ0) is 18.0. The first-order chi connectivity index (χ1) is 11.9. The van der Waals surface area contributed by atoms with Gasteiger partial charge in [-0.1, -0.05) is 0 Å². The summed E-state index contributed by atoms with van der Waals surface area (Å²) >= 11 is 1.27. The molecule has 130 valence electrons. The van der Waals surface area contributed by atoms with Gasteiger partial charge in [-0.05, 0) is 31.2 Å². The van der Waals surface area contributed by atoms with Crippen molar-refractivity contribution in [3.63, 3.8) is 0 Å². The molecule has 0 aliphatic carbocycles. The van der Waals surface area contributed by atoms with E-state index in [4.69, 9.17) is 0 Å². The molecule has 0 bridgehead atoms. The van der Waals surface area contributed by atoms with Gasteiger partial charge in [-0.2, -0.15) is 13.9 Å². The van der Waals surface area contributed by atoms with Crippen LogP contribution in [0.15, 0.2) is 35.8 Å². The lowest BCUT2D eigenvalue weighted by Crippen LogP contribution is -2.12. The number of alkyl halides is 2. The largest absolute Gasteiger partial charge is 0.435 e. The smallest absolute Gasteiger partial charge is 0.387 e. The van der Waals surface area contributed by atoms with Crippen LogP contribution in [-0.2, 0) is 7.05 Å². The molecule has 3 rings (SSSR count). The predicted octanol–water partition coefficient (Wildman–Crippen LogP) is 3.71. The maximum Gasteiger partial charge on any atom is 0.387 e. The first-order valence-corrected chi connectivity index (χ1v) is 8.12. The molecule has 0 radical (unpaired) electrons. The second kappa shape index (κ2) is 6.98. The molecule has 6 nitrogen and oxygen atoms in total. The van der Waals surface area contributed by atoms with Gasteiger partial charge in [0.05, 0.1) is 17.0 Å². The molecule has 9 heteroatoms. The van der Waals surface area contributed by atoms with Crippen molar-refractivity contribution in [3.05, 3.63) is 47.1 Å². The topological polar surface area (TPSA) is 69.0 Å². The Hall–Kier alpha value is -2.81. The summed E-state index contributed by atoms with van der Waals surface area (Å²) in [6.45, 7) is -1.10. The number of nitrogens with one attached hydrogen (secondary N) is 1. The highest BCUT2D eigenvalue weighted by atomic mass is 32.1. The van der Waals surface area contributed by atoms with Crippen molar-refractivity contribution in [3.8, 4) is 17.0 Å².